The van der Waals surface area contributed by atoms with Crippen LogP contribution in [0.3, 0.4) is 0 Å². The first-order valence-electron chi connectivity index (χ1n) is 7.39. The first-order chi connectivity index (χ1) is 11.5. The minimum absolute atomic E-state index is 0.0751. The Balaban J connectivity index is 1.85. The van der Waals surface area contributed by atoms with E-state index in [9.17, 15) is 9.59 Å². The Morgan fingerprint density at radius 2 is 1.92 bits per heavy atom. The van der Waals surface area contributed by atoms with Crippen molar-refractivity contribution in [3.63, 3.8) is 0 Å². The molecule has 0 aliphatic carbocycles. The fraction of sp³-hybridized carbons (Fsp3) is 0.176. The van der Waals surface area contributed by atoms with Gasteiger partial charge in [0.05, 0.1) is 0 Å². The number of carbonyl (C=O) groups is 2. The zero-order valence-electron chi connectivity index (χ0n) is 13.6. The lowest BCUT2D eigenvalue weighted by atomic mass is 10.2. The molecule has 7 nitrogen and oxygen atoms in total. The summed E-state index contributed by atoms with van der Waals surface area (Å²) in [5, 5.41) is 10.8. The number of Topliss-reactive ketones (excluding diaryl/α,β-unsaturated/α-hetero) is 1. The van der Waals surface area contributed by atoms with E-state index in [2.05, 4.69) is 15.5 Å². The Morgan fingerprint density at radius 1 is 1.12 bits per heavy atom. The normalized spacial score (nSPS) is 10.6. The number of benzene rings is 1. The van der Waals surface area contributed by atoms with Crippen LogP contribution >= 0.6 is 0 Å². The Hall–Kier alpha value is -3.22. The SMILES string of the molecule is CC(=O)c1cc(C(=O)Nc2cccc(-c3nncn3C)c2)n(C)c1. The predicted octanol–water partition coefficient (Wildman–Crippen LogP) is 2.28. The molecule has 0 bridgehead atoms. The molecule has 24 heavy (non-hydrogen) atoms. The number of nitrogens with zero attached hydrogens (tertiary/aromatic N) is 4. The van der Waals surface area contributed by atoms with Crippen molar-refractivity contribution in [1.82, 2.24) is 19.3 Å². The van der Waals surface area contributed by atoms with Gasteiger partial charge in [0, 0.05) is 37.1 Å². The van der Waals surface area contributed by atoms with Crippen LogP contribution in [0.5, 0.6) is 0 Å². The van der Waals surface area contributed by atoms with Gasteiger partial charge in [-0.1, -0.05) is 12.1 Å². The highest BCUT2D eigenvalue weighted by molar-refractivity contribution is 6.05. The molecule has 0 radical (unpaired) electrons. The van der Waals surface area contributed by atoms with Crippen LogP contribution in [0.2, 0.25) is 0 Å². The number of nitrogens with one attached hydrogen (secondary N) is 1. The Labute approximate surface area is 138 Å². The molecule has 0 spiro atoms. The Bertz CT molecular complexity index is 923. The van der Waals surface area contributed by atoms with Crippen molar-refractivity contribution >= 4 is 17.4 Å². The molecule has 1 N–H and O–H groups in total. The van der Waals surface area contributed by atoms with Gasteiger partial charge in [0.25, 0.3) is 5.91 Å². The summed E-state index contributed by atoms with van der Waals surface area (Å²) in [7, 11) is 3.59. The lowest BCUT2D eigenvalue weighted by Gasteiger charge is -2.08. The monoisotopic (exact) mass is 323 g/mol. The standard InChI is InChI=1S/C17H17N5O2/c1-11(23)13-8-15(21(2)9-13)17(24)19-14-6-4-5-12(7-14)16-20-18-10-22(16)3/h4-10H,1-3H3,(H,19,24). The average Bonchev–Trinajstić information content (AvgIpc) is 3.13. The van der Waals surface area contributed by atoms with E-state index < -0.39 is 0 Å². The second-order valence-electron chi connectivity index (χ2n) is 5.58. The van der Waals surface area contributed by atoms with Gasteiger partial charge in [-0.2, -0.15) is 0 Å². The van der Waals surface area contributed by atoms with E-state index in [0.717, 1.165) is 5.56 Å². The zero-order valence-corrected chi connectivity index (χ0v) is 13.6. The van der Waals surface area contributed by atoms with Crippen LogP contribution in [-0.4, -0.2) is 31.0 Å². The minimum Gasteiger partial charge on any atom is -0.346 e. The summed E-state index contributed by atoms with van der Waals surface area (Å²) < 4.78 is 3.44. The summed E-state index contributed by atoms with van der Waals surface area (Å²) >= 11 is 0. The van der Waals surface area contributed by atoms with E-state index in [1.54, 1.807) is 40.8 Å². The van der Waals surface area contributed by atoms with Crippen molar-refractivity contribution in [2.24, 2.45) is 14.1 Å². The van der Waals surface area contributed by atoms with Gasteiger partial charge in [-0.15, -0.1) is 10.2 Å². The highest BCUT2D eigenvalue weighted by Gasteiger charge is 2.14. The van der Waals surface area contributed by atoms with Gasteiger partial charge in [0.15, 0.2) is 11.6 Å². The summed E-state index contributed by atoms with van der Waals surface area (Å²) in [6.07, 6.45) is 3.26. The third kappa shape index (κ3) is 2.96. The fourth-order valence-electron chi connectivity index (χ4n) is 2.46. The molecule has 2 aromatic heterocycles. The van der Waals surface area contributed by atoms with E-state index in [-0.39, 0.29) is 11.7 Å². The summed E-state index contributed by atoms with van der Waals surface area (Å²) in [5.41, 5.74) is 2.43. The maximum Gasteiger partial charge on any atom is 0.272 e. The van der Waals surface area contributed by atoms with Crippen molar-refractivity contribution < 1.29 is 9.59 Å². The van der Waals surface area contributed by atoms with Crippen LogP contribution in [-0.2, 0) is 14.1 Å². The van der Waals surface area contributed by atoms with E-state index in [0.29, 0.717) is 22.8 Å². The average molecular weight is 323 g/mol. The number of aromatic nitrogens is 4. The minimum atomic E-state index is -0.278. The molecule has 7 heteroatoms. The molecule has 0 aliphatic rings. The van der Waals surface area contributed by atoms with E-state index >= 15 is 0 Å². The van der Waals surface area contributed by atoms with Gasteiger partial charge in [0.2, 0.25) is 0 Å². The third-order valence-electron chi connectivity index (χ3n) is 3.73. The van der Waals surface area contributed by atoms with Gasteiger partial charge < -0.3 is 14.5 Å². The third-order valence-corrected chi connectivity index (χ3v) is 3.73. The van der Waals surface area contributed by atoms with Crippen LogP contribution in [0.4, 0.5) is 5.69 Å². The fourth-order valence-corrected chi connectivity index (χ4v) is 2.46. The molecule has 122 valence electrons. The number of amides is 1. The van der Waals surface area contributed by atoms with Crippen LogP contribution in [0, 0.1) is 0 Å². The van der Waals surface area contributed by atoms with Gasteiger partial charge in [0.1, 0.15) is 12.0 Å². The molecule has 1 amide bonds. The van der Waals surface area contributed by atoms with Gasteiger partial charge >= 0.3 is 0 Å². The van der Waals surface area contributed by atoms with Crippen molar-refractivity contribution in [2.45, 2.75) is 6.92 Å². The predicted molar refractivity (Wildman–Crippen MR) is 89.8 cm³/mol. The molecular weight excluding hydrogens is 306 g/mol. The molecule has 2 heterocycles. The number of carbonyl (C=O) groups excluding carboxylic acids is 2. The number of hydrogen-bond acceptors (Lipinski definition) is 4. The molecule has 0 atom stereocenters. The lowest BCUT2D eigenvalue weighted by molar-refractivity contribution is 0.101. The van der Waals surface area contributed by atoms with E-state index in [1.807, 2.05) is 25.2 Å². The summed E-state index contributed by atoms with van der Waals surface area (Å²) in [6, 6.07) is 8.95. The number of ketones is 1. The van der Waals surface area contributed by atoms with Gasteiger partial charge in [-0.05, 0) is 25.1 Å². The molecule has 0 fully saturated rings. The lowest BCUT2D eigenvalue weighted by Crippen LogP contribution is -2.15. The van der Waals surface area contributed by atoms with Gasteiger partial charge in [-0.3, -0.25) is 9.59 Å². The largest absolute Gasteiger partial charge is 0.346 e. The topological polar surface area (TPSA) is 81.8 Å². The van der Waals surface area contributed by atoms with Crippen LogP contribution in [0.1, 0.15) is 27.8 Å². The van der Waals surface area contributed by atoms with Crippen molar-refractivity contribution in [3.05, 3.63) is 54.1 Å². The molecule has 0 saturated carbocycles. The second kappa shape index (κ2) is 6.11. The summed E-state index contributed by atoms with van der Waals surface area (Å²) in [4.78, 5) is 23.9. The number of anilines is 1. The van der Waals surface area contributed by atoms with Crippen LogP contribution in [0.25, 0.3) is 11.4 Å². The number of rotatable bonds is 4. The molecule has 0 saturated heterocycles. The van der Waals surface area contributed by atoms with Crippen molar-refractivity contribution in [1.29, 1.82) is 0 Å². The van der Waals surface area contributed by atoms with E-state index in [1.165, 1.54) is 6.92 Å². The molecule has 3 rings (SSSR count). The maximum absolute atomic E-state index is 12.5. The molecule has 0 unspecified atom stereocenters. The summed E-state index contributed by atoms with van der Waals surface area (Å²) in [5.74, 6) is 0.359. The Kier molecular flexibility index (Phi) is 3.99. The van der Waals surface area contributed by atoms with E-state index in [4.69, 9.17) is 0 Å². The van der Waals surface area contributed by atoms with Crippen molar-refractivity contribution in [3.8, 4) is 11.4 Å². The van der Waals surface area contributed by atoms with Crippen LogP contribution < -0.4 is 5.32 Å². The van der Waals surface area contributed by atoms with Crippen molar-refractivity contribution in [2.75, 3.05) is 5.32 Å². The molecule has 0 aliphatic heterocycles. The molecule has 1 aromatic carbocycles. The number of aryl methyl sites for hydroxylation is 2. The summed E-state index contributed by atoms with van der Waals surface area (Å²) in [6.45, 7) is 1.47. The molecular formula is C17H17N5O2. The van der Waals surface area contributed by atoms with Crippen LogP contribution in [0.15, 0.2) is 42.9 Å². The zero-order chi connectivity index (χ0) is 17.3. The number of hydrogen-bond donors (Lipinski definition) is 1. The first-order valence-corrected chi connectivity index (χ1v) is 7.39. The van der Waals surface area contributed by atoms with Gasteiger partial charge in [-0.25, -0.2) is 0 Å². The highest BCUT2D eigenvalue weighted by atomic mass is 16.2. The molecule has 3 aromatic rings. The highest BCUT2D eigenvalue weighted by Crippen LogP contribution is 2.21. The Morgan fingerprint density at radius 3 is 2.54 bits per heavy atom. The smallest absolute Gasteiger partial charge is 0.272 e. The second-order valence-corrected chi connectivity index (χ2v) is 5.58. The maximum atomic E-state index is 12.5. The quantitative estimate of drug-likeness (QED) is 0.747. The first kappa shape index (κ1) is 15.7.